The van der Waals surface area contributed by atoms with E-state index in [0.717, 1.165) is 5.56 Å². The predicted molar refractivity (Wildman–Crippen MR) is 147 cm³/mol. The summed E-state index contributed by atoms with van der Waals surface area (Å²) in [5.41, 5.74) is 2.16. The van der Waals surface area contributed by atoms with Crippen molar-refractivity contribution in [3.63, 3.8) is 0 Å². The van der Waals surface area contributed by atoms with Crippen LogP contribution < -0.4 is 15.4 Å². The molecule has 0 saturated heterocycles. The average Bonchev–Trinajstić information content (AvgIpc) is 2.82. The fraction of sp³-hybridized carbons (Fsp3) is 0.370. The van der Waals surface area contributed by atoms with Crippen LogP contribution in [0.1, 0.15) is 47.1 Å². The molecular formula is C27H34ClN3O4S. The molecule has 0 bridgehead atoms. The zero-order valence-corrected chi connectivity index (χ0v) is 23.0. The summed E-state index contributed by atoms with van der Waals surface area (Å²) in [6, 6.07) is 14.2. The third-order valence-corrected chi connectivity index (χ3v) is 8.23. The summed E-state index contributed by atoms with van der Waals surface area (Å²) in [4.78, 5) is 4.59. The average molecular weight is 532 g/mol. The number of aromatic nitrogens is 1. The van der Waals surface area contributed by atoms with E-state index >= 15 is 0 Å². The minimum absolute atomic E-state index is 0.00265. The first-order valence-corrected chi connectivity index (χ1v) is 13.7. The zero-order valence-electron chi connectivity index (χ0n) is 21.5. The van der Waals surface area contributed by atoms with Gasteiger partial charge in [0, 0.05) is 11.5 Å². The maximum atomic E-state index is 12.9. The minimum Gasteiger partial charge on any atom is -0.489 e. The second-order valence-electron chi connectivity index (χ2n) is 9.81. The molecule has 2 aromatic carbocycles. The van der Waals surface area contributed by atoms with Crippen molar-refractivity contribution >= 4 is 44.3 Å². The van der Waals surface area contributed by atoms with Crippen molar-refractivity contribution in [3.8, 4) is 5.75 Å². The van der Waals surface area contributed by atoms with Gasteiger partial charge in [0.1, 0.15) is 11.6 Å². The van der Waals surface area contributed by atoms with Gasteiger partial charge in [-0.2, -0.15) is 0 Å². The molecule has 0 amide bonds. The molecule has 0 atom stereocenters. The van der Waals surface area contributed by atoms with Gasteiger partial charge < -0.3 is 20.5 Å². The van der Waals surface area contributed by atoms with Crippen LogP contribution >= 0.6 is 11.6 Å². The number of pyridine rings is 1. The number of ether oxygens (including phenoxy) is 1. The smallest absolute Gasteiger partial charge is 0.182 e. The van der Waals surface area contributed by atoms with Crippen LogP contribution in [-0.4, -0.2) is 36.5 Å². The van der Waals surface area contributed by atoms with Crippen molar-refractivity contribution in [2.24, 2.45) is 0 Å². The fourth-order valence-electron chi connectivity index (χ4n) is 3.45. The number of nitrogens with zero attached hydrogens (tertiary/aromatic N) is 1. The molecule has 0 fully saturated rings. The lowest BCUT2D eigenvalue weighted by molar-refractivity contribution is 0.216. The van der Waals surface area contributed by atoms with Crippen LogP contribution in [0.15, 0.2) is 59.6 Å². The maximum absolute atomic E-state index is 12.9. The molecule has 0 aliphatic rings. The Kier molecular flexibility index (Phi) is 8.54. The number of aliphatic hydroxyl groups is 1. The number of para-hydroxylation sites is 1. The van der Waals surface area contributed by atoms with E-state index in [4.69, 9.17) is 16.3 Å². The molecule has 0 spiro atoms. The highest BCUT2D eigenvalue weighted by atomic mass is 35.5. The SMILES string of the molecule is CC(C)Oc1cc(C(C)(C)CO)ccc1Nc1cc(Nc2ccccc2S(=O)(=O)C(C)C)c(Cl)cn1. The second kappa shape index (κ2) is 11.1. The molecule has 0 unspecified atom stereocenters. The van der Waals surface area contributed by atoms with Gasteiger partial charge in [-0.25, -0.2) is 13.4 Å². The Morgan fingerprint density at radius 3 is 2.33 bits per heavy atom. The highest BCUT2D eigenvalue weighted by Gasteiger charge is 2.24. The Bertz CT molecular complexity index is 1320. The van der Waals surface area contributed by atoms with E-state index < -0.39 is 20.5 Å². The first kappa shape index (κ1) is 27.8. The van der Waals surface area contributed by atoms with Crippen LogP contribution in [0.4, 0.5) is 22.9 Å². The molecule has 3 aromatic rings. The summed E-state index contributed by atoms with van der Waals surface area (Å²) < 4.78 is 31.8. The summed E-state index contributed by atoms with van der Waals surface area (Å²) in [6.07, 6.45) is 1.44. The fourth-order valence-corrected chi connectivity index (χ4v) is 4.80. The number of sulfone groups is 1. The van der Waals surface area contributed by atoms with Gasteiger partial charge in [-0.15, -0.1) is 0 Å². The number of hydrogen-bond acceptors (Lipinski definition) is 7. The lowest BCUT2D eigenvalue weighted by Crippen LogP contribution is -2.22. The molecule has 0 radical (unpaired) electrons. The molecule has 0 aliphatic heterocycles. The Labute approximate surface area is 218 Å². The van der Waals surface area contributed by atoms with E-state index in [9.17, 15) is 13.5 Å². The third kappa shape index (κ3) is 6.30. The molecule has 36 heavy (non-hydrogen) atoms. The number of nitrogens with one attached hydrogen (secondary N) is 2. The van der Waals surface area contributed by atoms with E-state index in [0.29, 0.717) is 33.7 Å². The molecule has 0 saturated carbocycles. The molecule has 9 heteroatoms. The number of aliphatic hydroxyl groups excluding tert-OH is 1. The van der Waals surface area contributed by atoms with E-state index in [1.54, 1.807) is 44.2 Å². The molecule has 194 valence electrons. The van der Waals surface area contributed by atoms with Gasteiger partial charge in [-0.3, -0.25) is 0 Å². The quantitative estimate of drug-likeness (QED) is 0.276. The summed E-state index contributed by atoms with van der Waals surface area (Å²) in [7, 11) is -3.51. The van der Waals surface area contributed by atoms with Crippen molar-refractivity contribution in [3.05, 3.63) is 65.3 Å². The normalized spacial score (nSPS) is 12.2. The van der Waals surface area contributed by atoms with Crippen molar-refractivity contribution in [1.82, 2.24) is 4.98 Å². The largest absolute Gasteiger partial charge is 0.489 e. The lowest BCUT2D eigenvalue weighted by atomic mass is 9.85. The van der Waals surface area contributed by atoms with Gasteiger partial charge in [0.15, 0.2) is 9.84 Å². The van der Waals surface area contributed by atoms with E-state index in [1.807, 2.05) is 45.9 Å². The van der Waals surface area contributed by atoms with Crippen LogP contribution in [0, 0.1) is 0 Å². The molecule has 3 N–H and O–H groups in total. The Morgan fingerprint density at radius 2 is 1.69 bits per heavy atom. The molecule has 0 aliphatic carbocycles. The van der Waals surface area contributed by atoms with Gasteiger partial charge in [-0.05, 0) is 57.5 Å². The third-order valence-electron chi connectivity index (χ3n) is 5.72. The number of rotatable bonds is 10. The molecule has 1 aromatic heterocycles. The van der Waals surface area contributed by atoms with Crippen LogP contribution in [0.3, 0.4) is 0 Å². The highest BCUT2D eigenvalue weighted by molar-refractivity contribution is 7.92. The van der Waals surface area contributed by atoms with Gasteiger partial charge in [0.25, 0.3) is 0 Å². The number of anilines is 4. The lowest BCUT2D eigenvalue weighted by Gasteiger charge is -2.25. The zero-order chi connectivity index (χ0) is 26.7. The standard InChI is InChI=1S/C27H34ClN3O4S/c1-17(2)35-24-13-19(27(5,6)16-32)11-12-21(24)31-26-14-23(20(28)15-29-26)30-22-9-7-8-10-25(22)36(33,34)18(3)4/h7-15,17-18,32H,16H2,1-6H3,(H2,29,30,31). The van der Waals surface area contributed by atoms with Crippen LogP contribution in [-0.2, 0) is 15.3 Å². The highest BCUT2D eigenvalue weighted by Crippen LogP contribution is 2.36. The summed E-state index contributed by atoms with van der Waals surface area (Å²) >= 11 is 6.41. The summed E-state index contributed by atoms with van der Waals surface area (Å²) in [6.45, 7) is 11.1. The van der Waals surface area contributed by atoms with Crippen molar-refractivity contribution in [2.45, 2.75) is 63.2 Å². The predicted octanol–water partition coefficient (Wildman–Crippen LogP) is 6.46. The van der Waals surface area contributed by atoms with E-state index in [2.05, 4.69) is 15.6 Å². The monoisotopic (exact) mass is 531 g/mol. The van der Waals surface area contributed by atoms with Crippen LogP contribution in [0.2, 0.25) is 5.02 Å². The first-order chi connectivity index (χ1) is 16.8. The Hall–Kier alpha value is -2.81. The topological polar surface area (TPSA) is 101 Å². The number of benzene rings is 2. The second-order valence-corrected chi connectivity index (χ2v) is 12.7. The van der Waals surface area contributed by atoms with Crippen LogP contribution in [0.5, 0.6) is 5.75 Å². The molecule has 3 rings (SSSR count). The van der Waals surface area contributed by atoms with Crippen molar-refractivity contribution in [2.75, 3.05) is 17.2 Å². The van der Waals surface area contributed by atoms with Gasteiger partial charge in [0.05, 0.1) is 51.1 Å². The molecular weight excluding hydrogens is 498 g/mol. The van der Waals surface area contributed by atoms with E-state index in [-0.39, 0.29) is 17.6 Å². The van der Waals surface area contributed by atoms with Gasteiger partial charge in [0.2, 0.25) is 0 Å². The van der Waals surface area contributed by atoms with Crippen molar-refractivity contribution in [1.29, 1.82) is 0 Å². The summed E-state index contributed by atoms with van der Waals surface area (Å²) in [5, 5.41) is 16.0. The van der Waals surface area contributed by atoms with Crippen LogP contribution in [0.25, 0.3) is 0 Å². The Morgan fingerprint density at radius 1 is 1.00 bits per heavy atom. The molecule has 7 nitrogen and oxygen atoms in total. The first-order valence-electron chi connectivity index (χ1n) is 11.8. The minimum atomic E-state index is -3.51. The molecule has 1 heterocycles. The van der Waals surface area contributed by atoms with Crippen molar-refractivity contribution < 1.29 is 18.3 Å². The Balaban J connectivity index is 1.97. The maximum Gasteiger partial charge on any atom is 0.182 e. The number of halogens is 1. The summed E-state index contributed by atoms with van der Waals surface area (Å²) in [5.74, 6) is 1.12. The van der Waals surface area contributed by atoms with Gasteiger partial charge >= 0.3 is 0 Å². The van der Waals surface area contributed by atoms with Gasteiger partial charge in [-0.1, -0.05) is 43.6 Å². The van der Waals surface area contributed by atoms with E-state index in [1.165, 1.54) is 6.20 Å². The number of hydrogen-bond donors (Lipinski definition) is 3.